The van der Waals surface area contributed by atoms with Gasteiger partial charge >= 0.3 is 6.03 Å². The third-order valence-electron chi connectivity index (χ3n) is 3.59. The summed E-state index contributed by atoms with van der Waals surface area (Å²) in [4.78, 5) is 28.0. The lowest BCUT2D eigenvalue weighted by molar-refractivity contribution is -0.140. The number of benzene rings is 1. The van der Waals surface area contributed by atoms with Crippen LogP contribution in [0.1, 0.15) is 20.8 Å². The number of urea groups is 1. The van der Waals surface area contributed by atoms with Crippen molar-refractivity contribution in [3.05, 3.63) is 29.3 Å². The van der Waals surface area contributed by atoms with E-state index in [0.717, 1.165) is 0 Å². The van der Waals surface area contributed by atoms with Crippen LogP contribution < -0.4 is 5.32 Å². The van der Waals surface area contributed by atoms with Gasteiger partial charge in [-0.15, -0.1) is 0 Å². The quantitative estimate of drug-likeness (QED) is 0.863. The van der Waals surface area contributed by atoms with Crippen molar-refractivity contribution < 1.29 is 9.59 Å². The molecule has 0 spiro atoms. The van der Waals surface area contributed by atoms with Gasteiger partial charge in [0.05, 0.1) is 0 Å². The number of halogens is 1. The zero-order valence-corrected chi connectivity index (χ0v) is 14.0. The number of hydrogen-bond donors (Lipinski definition) is 1. The zero-order chi connectivity index (χ0) is 16.3. The third kappa shape index (κ3) is 4.13. The largest absolute Gasteiger partial charge is 0.339 e. The highest BCUT2D eigenvalue weighted by Gasteiger charge is 2.30. The smallest absolute Gasteiger partial charge is 0.321 e. The van der Waals surface area contributed by atoms with Gasteiger partial charge in [0.15, 0.2) is 0 Å². The fourth-order valence-electron chi connectivity index (χ4n) is 2.32. The van der Waals surface area contributed by atoms with Gasteiger partial charge in [0.1, 0.15) is 0 Å². The lowest BCUT2D eigenvalue weighted by atomic mass is 9.94. The van der Waals surface area contributed by atoms with Crippen LogP contribution in [0.25, 0.3) is 0 Å². The fourth-order valence-corrected chi connectivity index (χ4v) is 2.45. The molecule has 1 aliphatic heterocycles. The van der Waals surface area contributed by atoms with Gasteiger partial charge in [0.2, 0.25) is 5.91 Å². The molecule has 0 unspecified atom stereocenters. The average Bonchev–Trinajstić information content (AvgIpc) is 2.48. The second-order valence-electron chi connectivity index (χ2n) is 6.47. The normalized spacial score (nSPS) is 15.6. The van der Waals surface area contributed by atoms with Crippen molar-refractivity contribution in [2.24, 2.45) is 5.41 Å². The molecule has 3 amide bonds. The zero-order valence-electron chi connectivity index (χ0n) is 13.2. The molecular formula is C16H22ClN3O2. The van der Waals surface area contributed by atoms with Crippen LogP contribution in [0.15, 0.2) is 24.3 Å². The summed E-state index contributed by atoms with van der Waals surface area (Å²) in [7, 11) is 0. The van der Waals surface area contributed by atoms with Gasteiger partial charge in [-0.25, -0.2) is 4.79 Å². The summed E-state index contributed by atoms with van der Waals surface area (Å²) in [5, 5.41) is 3.47. The Morgan fingerprint density at radius 3 is 2.00 bits per heavy atom. The number of carbonyl (C=O) groups is 2. The number of piperazine rings is 1. The molecule has 1 saturated heterocycles. The number of hydrogen-bond acceptors (Lipinski definition) is 2. The Morgan fingerprint density at radius 2 is 1.50 bits per heavy atom. The molecule has 1 N–H and O–H groups in total. The van der Waals surface area contributed by atoms with Crippen LogP contribution >= 0.6 is 11.6 Å². The monoisotopic (exact) mass is 323 g/mol. The maximum atomic E-state index is 12.2. The highest BCUT2D eigenvalue weighted by Crippen LogP contribution is 2.19. The minimum absolute atomic E-state index is 0.130. The van der Waals surface area contributed by atoms with Crippen molar-refractivity contribution in [1.29, 1.82) is 0 Å². The number of anilines is 1. The molecule has 1 aromatic rings. The van der Waals surface area contributed by atoms with E-state index in [1.54, 1.807) is 29.2 Å². The van der Waals surface area contributed by atoms with E-state index in [1.165, 1.54) is 0 Å². The molecule has 1 aliphatic rings. The predicted molar refractivity (Wildman–Crippen MR) is 88.1 cm³/mol. The van der Waals surface area contributed by atoms with Gasteiger partial charge in [-0.3, -0.25) is 4.79 Å². The third-order valence-corrected chi connectivity index (χ3v) is 3.84. The molecule has 5 nitrogen and oxygen atoms in total. The molecule has 0 aliphatic carbocycles. The van der Waals surface area contributed by atoms with Gasteiger partial charge in [0.25, 0.3) is 0 Å². The van der Waals surface area contributed by atoms with Crippen LogP contribution in [0, 0.1) is 5.41 Å². The van der Waals surface area contributed by atoms with Crippen LogP contribution in [0.3, 0.4) is 0 Å². The minimum atomic E-state index is -0.381. The molecule has 1 aromatic carbocycles. The highest BCUT2D eigenvalue weighted by molar-refractivity contribution is 6.30. The van der Waals surface area contributed by atoms with E-state index < -0.39 is 0 Å². The van der Waals surface area contributed by atoms with Crippen LogP contribution in [0.2, 0.25) is 5.02 Å². The number of nitrogens with zero attached hydrogens (tertiary/aromatic N) is 2. The van der Waals surface area contributed by atoms with Gasteiger partial charge in [0, 0.05) is 42.3 Å². The van der Waals surface area contributed by atoms with Crippen molar-refractivity contribution in [1.82, 2.24) is 9.80 Å². The maximum absolute atomic E-state index is 12.2. The molecule has 0 radical (unpaired) electrons. The fraction of sp³-hybridized carbons (Fsp3) is 0.500. The molecule has 1 heterocycles. The van der Waals surface area contributed by atoms with Gasteiger partial charge in [-0.2, -0.15) is 0 Å². The van der Waals surface area contributed by atoms with E-state index in [2.05, 4.69) is 5.32 Å². The molecule has 22 heavy (non-hydrogen) atoms. The van der Waals surface area contributed by atoms with E-state index in [4.69, 9.17) is 11.6 Å². The molecule has 6 heteroatoms. The molecule has 2 rings (SSSR count). The molecule has 0 aromatic heterocycles. The SMILES string of the molecule is CC(C)(C)C(=O)N1CCN(C(=O)Nc2ccc(Cl)cc2)CC1. The number of rotatable bonds is 1. The summed E-state index contributed by atoms with van der Waals surface area (Å²) in [6, 6.07) is 6.85. The summed E-state index contributed by atoms with van der Waals surface area (Å²) in [6.45, 7) is 7.97. The first-order valence-corrected chi connectivity index (χ1v) is 7.76. The maximum Gasteiger partial charge on any atom is 0.321 e. The highest BCUT2D eigenvalue weighted by atomic mass is 35.5. The Morgan fingerprint density at radius 1 is 1.00 bits per heavy atom. The lowest BCUT2D eigenvalue weighted by Crippen LogP contribution is -2.53. The first-order chi connectivity index (χ1) is 10.3. The number of nitrogens with one attached hydrogen (secondary N) is 1. The van der Waals surface area contributed by atoms with Crippen molar-refractivity contribution in [3.8, 4) is 0 Å². The van der Waals surface area contributed by atoms with Gasteiger partial charge in [-0.05, 0) is 24.3 Å². The van der Waals surface area contributed by atoms with E-state index in [0.29, 0.717) is 36.9 Å². The molecule has 1 fully saturated rings. The van der Waals surface area contributed by atoms with Crippen molar-refractivity contribution in [2.45, 2.75) is 20.8 Å². The first kappa shape index (κ1) is 16.6. The van der Waals surface area contributed by atoms with E-state index in [-0.39, 0.29) is 17.4 Å². The van der Waals surface area contributed by atoms with E-state index in [9.17, 15) is 9.59 Å². The Hall–Kier alpha value is -1.75. The lowest BCUT2D eigenvalue weighted by Gasteiger charge is -2.37. The summed E-state index contributed by atoms with van der Waals surface area (Å²) in [5.74, 6) is 0.130. The summed E-state index contributed by atoms with van der Waals surface area (Å²) in [6.07, 6.45) is 0. The first-order valence-electron chi connectivity index (χ1n) is 7.38. The van der Waals surface area contributed by atoms with E-state index in [1.807, 2.05) is 25.7 Å². The van der Waals surface area contributed by atoms with Gasteiger partial charge in [-0.1, -0.05) is 32.4 Å². The van der Waals surface area contributed by atoms with Crippen LogP contribution in [-0.4, -0.2) is 47.9 Å². The predicted octanol–water partition coefficient (Wildman–Crippen LogP) is 3.06. The molecule has 120 valence electrons. The van der Waals surface area contributed by atoms with Crippen LogP contribution in [-0.2, 0) is 4.79 Å². The Balaban J connectivity index is 1.87. The summed E-state index contributed by atoms with van der Waals surface area (Å²) >= 11 is 5.82. The molecule has 0 bridgehead atoms. The Kier molecular flexibility index (Phi) is 4.96. The second kappa shape index (κ2) is 6.57. The van der Waals surface area contributed by atoms with Crippen LogP contribution in [0.4, 0.5) is 10.5 Å². The standard InChI is InChI=1S/C16H22ClN3O2/c1-16(2,3)14(21)19-8-10-20(11-9-19)15(22)18-13-6-4-12(17)5-7-13/h4-7H,8-11H2,1-3H3,(H,18,22). The topological polar surface area (TPSA) is 52.7 Å². The van der Waals surface area contributed by atoms with Crippen molar-refractivity contribution in [2.75, 3.05) is 31.5 Å². The van der Waals surface area contributed by atoms with E-state index >= 15 is 0 Å². The molecule has 0 atom stereocenters. The number of carbonyl (C=O) groups excluding carboxylic acids is 2. The van der Waals surface area contributed by atoms with Crippen molar-refractivity contribution >= 4 is 29.2 Å². The number of amides is 3. The summed E-state index contributed by atoms with van der Waals surface area (Å²) < 4.78 is 0. The average molecular weight is 324 g/mol. The van der Waals surface area contributed by atoms with Gasteiger partial charge < -0.3 is 15.1 Å². The minimum Gasteiger partial charge on any atom is -0.339 e. The van der Waals surface area contributed by atoms with Crippen molar-refractivity contribution in [3.63, 3.8) is 0 Å². The second-order valence-corrected chi connectivity index (χ2v) is 6.90. The van der Waals surface area contributed by atoms with Crippen LogP contribution in [0.5, 0.6) is 0 Å². The molecular weight excluding hydrogens is 302 g/mol. The summed E-state index contributed by atoms with van der Waals surface area (Å²) in [5.41, 5.74) is 0.330. The molecule has 0 saturated carbocycles. The Labute approximate surface area is 136 Å². The Bertz CT molecular complexity index is 544.